The van der Waals surface area contributed by atoms with Crippen LogP contribution < -0.4 is 5.32 Å². The van der Waals surface area contributed by atoms with E-state index in [0.717, 1.165) is 6.42 Å². The molecule has 0 radical (unpaired) electrons. The summed E-state index contributed by atoms with van der Waals surface area (Å²) in [6.45, 7) is 1.64. The molecule has 0 saturated carbocycles. The van der Waals surface area contributed by atoms with Gasteiger partial charge < -0.3 is 19.9 Å². The number of hydrogen-bond acceptors (Lipinski definition) is 5. The van der Waals surface area contributed by atoms with E-state index in [-0.39, 0.29) is 18.1 Å². The molecule has 3 atom stereocenters. The molecule has 2 aliphatic heterocycles. The van der Waals surface area contributed by atoms with Gasteiger partial charge in [-0.25, -0.2) is 0 Å². The molecule has 2 aliphatic rings. The van der Waals surface area contributed by atoms with Crippen molar-refractivity contribution in [2.24, 2.45) is 0 Å². The van der Waals surface area contributed by atoms with E-state index in [2.05, 4.69) is 5.32 Å². The van der Waals surface area contributed by atoms with Crippen molar-refractivity contribution in [2.75, 3.05) is 19.8 Å². The number of hydrogen-bond donors (Lipinski definition) is 2. The number of β-amino-alcohol motifs (C(OH)–C–C–N with tert-alkyl or cyclic N) is 1. The summed E-state index contributed by atoms with van der Waals surface area (Å²) in [5.41, 5.74) is 0. The number of carbonyl (C=O) groups is 1. The highest BCUT2D eigenvalue weighted by Crippen LogP contribution is 2.13. The second-order valence-electron chi connectivity index (χ2n) is 3.77. The summed E-state index contributed by atoms with van der Waals surface area (Å²) in [6, 6.07) is -0.342. The predicted octanol–water partition coefficient (Wildman–Crippen LogP) is -0.959. The fourth-order valence-electron chi connectivity index (χ4n) is 1.75. The zero-order valence-electron chi connectivity index (χ0n) is 7.94. The molecule has 2 saturated heterocycles. The Kier molecular flexibility index (Phi) is 3.00. The van der Waals surface area contributed by atoms with Crippen molar-refractivity contribution < 1.29 is 19.4 Å². The number of esters is 1. The van der Waals surface area contributed by atoms with Crippen LogP contribution in [0, 0.1) is 0 Å². The monoisotopic (exact) mass is 201 g/mol. The van der Waals surface area contributed by atoms with Crippen molar-refractivity contribution in [1.29, 1.82) is 0 Å². The minimum atomic E-state index is -0.424. The molecule has 2 rings (SSSR count). The van der Waals surface area contributed by atoms with Gasteiger partial charge in [0.05, 0.1) is 19.3 Å². The number of nitrogens with one attached hydrogen (secondary N) is 1. The minimum Gasteiger partial charge on any atom is -0.459 e. The van der Waals surface area contributed by atoms with E-state index in [1.165, 1.54) is 0 Å². The molecule has 0 aromatic carbocycles. The van der Waals surface area contributed by atoms with E-state index in [1.54, 1.807) is 0 Å². The molecule has 1 unspecified atom stereocenters. The maximum atomic E-state index is 11.5. The molecule has 0 amide bonds. The number of aliphatic hydroxyl groups excluding tert-OH is 1. The van der Waals surface area contributed by atoms with E-state index in [4.69, 9.17) is 9.47 Å². The molecule has 80 valence electrons. The molecule has 0 aromatic rings. The standard InChI is InChI=1S/C9H15NO4/c11-6-3-8(10-4-6)9(12)14-7-1-2-13-5-7/h6-8,10-11H,1-5H2/t6-,7?,8-/m1/s1. The van der Waals surface area contributed by atoms with Crippen LogP contribution in [0.15, 0.2) is 0 Å². The fourth-order valence-corrected chi connectivity index (χ4v) is 1.75. The average molecular weight is 201 g/mol. The molecule has 2 heterocycles. The molecule has 2 fully saturated rings. The minimum absolute atomic E-state index is 0.0953. The van der Waals surface area contributed by atoms with Gasteiger partial charge in [0, 0.05) is 19.4 Å². The van der Waals surface area contributed by atoms with Gasteiger partial charge in [0.25, 0.3) is 0 Å². The third-order valence-electron chi connectivity index (χ3n) is 2.56. The maximum Gasteiger partial charge on any atom is 0.323 e. The van der Waals surface area contributed by atoms with E-state index < -0.39 is 6.10 Å². The van der Waals surface area contributed by atoms with Gasteiger partial charge >= 0.3 is 5.97 Å². The highest BCUT2D eigenvalue weighted by atomic mass is 16.6. The SMILES string of the molecule is O=C(OC1CCOC1)[C@H]1C[C@@H](O)CN1. The molecule has 0 aliphatic carbocycles. The van der Waals surface area contributed by atoms with E-state index in [9.17, 15) is 9.90 Å². The Morgan fingerprint density at radius 2 is 2.43 bits per heavy atom. The molecular weight excluding hydrogens is 186 g/mol. The first-order chi connectivity index (χ1) is 6.75. The van der Waals surface area contributed by atoms with Crippen LogP contribution in [0.25, 0.3) is 0 Å². The zero-order chi connectivity index (χ0) is 9.97. The summed E-state index contributed by atoms with van der Waals surface area (Å²) < 4.78 is 10.3. The Morgan fingerprint density at radius 3 is 3.00 bits per heavy atom. The molecule has 0 bridgehead atoms. The van der Waals surface area contributed by atoms with Crippen molar-refractivity contribution in [1.82, 2.24) is 5.32 Å². The molecule has 2 N–H and O–H groups in total. The number of rotatable bonds is 2. The van der Waals surface area contributed by atoms with Gasteiger partial charge in [-0.2, -0.15) is 0 Å². The third kappa shape index (κ3) is 2.23. The van der Waals surface area contributed by atoms with Gasteiger partial charge in [0.1, 0.15) is 12.1 Å². The number of ether oxygens (including phenoxy) is 2. The topological polar surface area (TPSA) is 67.8 Å². The Hall–Kier alpha value is -0.650. The van der Waals surface area contributed by atoms with E-state index in [1.807, 2.05) is 0 Å². The largest absolute Gasteiger partial charge is 0.459 e. The summed E-state index contributed by atoms with van der Waals surface area (Å²) in [6.07, 6.45) is 0.711. The highest BCUT2D eigenvalue weighted by molar-refractivity contribution is 5.76. The van der Waals surface area contributed by atoms with Crippen LogP contribution in [0.4, 0.5) is 0 Å². The Balaban J connectivity index is 1.77. The van der Waals surface area contributed by atoms with E-state index >= 15 is 0 Å². The maximum absolute atomic E-state index is 11.5. The lowest BCUT2D eigenvalue weighted by atomic mass is 10.2. The lowest BCUT2D eigenvalue weighted by molar-refractivity contribution is -0.151. The van der Waals surface area contributed by atoms with Crippen molar-refractivity contribution in [3.05, 3.63) is 0 Å². The molecule has 14 heavy (non-hydrogen) atoms. The molecular formula is C9H15NO4. The summed E-state index contributed by atoms with van der Waals surface area (Å²) in [7, 11) is 0. The smallest absolute Gasteiger partial charge is 0.323 e. The summed E-state index contributed by atoms with van der Waals surface area (Å²) in [5, 5.41) is 12.1. The van der Waals surface area contributed by atoms with Crippen LogP contribution >= 0.6 is 0 Å². The predicted molar refractivity (Wildman–Crippen MR) is 47.7 cm³/mol. The second-order valence-corrected chi connectivity index (χ2v) is 3.77. The Bertz CT molecular complexity index is 215. The van der Waals surface area contributed by atoms with Crippen molar-refractivity contribution in [3.63, 3.8) is 0 Å². The van der Waals surface area contributed by atoms with E-state index in [0.29, 0.717) is 26.2 Å². The van der Waals surface area contributed by atoms with Crippen LogP contribution in [0.1, 0.15) is 12.8 Å². The summed E-state index contributed by atoms with van der Waals surface area (Å²) >= 11 is 0. The number of aliphatic hydroxyl groups is 1. The summed E-state index contributed by atoms with van der Waals surface area (Å²) in [5.74, 6) is -0.267. The Labute approximate surface area is 82.4 Å². The van der Waals surface area contributed by atoms with Crippen molar-refractivity contribution in [3.8, 4) is 0 Å². The highest BCUT2D eigenvalue weighted by Gasteiger charge is 2.31. The first-order valence-corrected chi connectivity index (χ1v) is 4.95. The quantitative estimate of drug-likeness (QED) is 0.563. The normalized spacial score (nSPS) is 37.4. The van der Waals surface area contributed by atoms with Crippen LogP contribution in [0.5, 0.6) is 0 Å². The van der Waals surface area contributed by atoms with Crippen LogP contribution in [-0.2, 0) is 14.3 Å². The molecule has 0 aromatic heterocycles. The average Bonchev–Trinajstić information content (AvgIpc) is 2.75. The van der Waals surface area contributed by atoms with Gasteiger partial charge in [-0.1, -0.05) is 0 Å². The van der Waals surface area contributed by atoms with Crippen LogP contribution in [0.2, 0.25) is 0 Å². The first-order valence-electron chi connectivity index (χ1n) is 4.95. The summed E-state index contributed by atoms with van der Waals surface area (Å²) in [4.78, 5) is 11.5. The first kappa shape index (κ1) is 9.89. The molecule has 5 nitrogen and oxygen atoms in total. The molecule has 5 heteroatoms. The van der Waals surface area contributed by atoms with Gasteiger partial charge in [0.2, 0.25) is 0 Å². The van der Waals surface area contributed by atoms with Crippen molar-refractivity contribution in [2.45, 2.75) is 31.1 Å². The van der Waals surface area contributed by atoms with Crippen LogP contribution in [-0.4, -0.2) is 49.1 Å². The second kappa shape index (κ2) is 4.25. The molecule has 0 spiro atoms. The third-order valence-corrected chi connectivity index (χ3v) is 2.56. The Morgan fingerprint density at radius 1 is 1.57 bits per heavy atom. The lowest BCUT2D eigenvalue weighted by Crippen LogP contribution is -2.35. The van der Waals surface area contributed by atoms with Crippen molar-refractivity contribution >= 4 is 5.97 Å². The van der Waals surface area contributed by atoms with Gasteiger partial charge in [-0.15, -0.1) is 0 Å². The van der Waals surface area contributed by atoms with Gasteiger partial charge in [0.15, 0.2) is 0 Å². The van der Waals surface area contributed by atoms with Crippen LogP contribution in [0.3, 0.4) is 0 Å². The lowest BCUT2D eigenvalue weighted by Gasteiger charge is -2.13. The fraction of sp³-hybridized carbons (Fsp3) is 0.889. The number of carbonyl (C=O) groups excluding carboxylic acids is 1. The van der Waals surface area contributed by atoms with Gasteiger partial charge in [-0.3, -0.25) is 4.79 Å². The zero-order valence-corrected chi connectivity index (χ0v) is 7.94. The van der Waals surface area contributed by atoms with Gasteiger partial charge in [-0.05, 0) is 0 Å².